The first-order valence-electron chi connectivity index (χ1n) is 18.2. The summed E-state index contributed by atoms with van der Waals surface area (Å²) in [4.78, 5) is 28.3. The maximum atomic E-state index is 14.5. The highest BCUT2D eigenvalue weighted by Crippen LogP contribution is 2.39. The third-order valence-corrected chi connectivity index (χ3v) is 15.5. The van der Waals surface area contributed by atoms with Crippen LogP contribution in [0.15, 0.2) is 121 Å². The fourth-order valence-electron chi connectivity index (χ4n) is 7.09. The van der Waals surface area contributed by atoms with Crippen molar-refractivity contribution in [2.45, 2.75) is 89.2 Å². The minimum Gasteiger partial charge on any atom is -0.623 e. The van der Waals surface area contributed by atoms with E-state index < -0.39 is 46.4 Å². The number of nitrogens with zero attached hydrogens (tertiary/aromatic N) is 1. The number of hydrogen-bond acceptors (Lipinski definition) is 7. The summed E-state index contributed by atoms with van der Waals surface area (Å²) in [7, 11) is -5.70. The zero-order valence-electron chi connectivity index (χ0n) is 31.6. The monoisotopic (exact) mass is 752 g/mol. The zero-order chi connectivity index (χ0) is 38.1. The molecule has 1 heterocycles. The normalized spacial score (nSPS) is 17.4. The highest BCUT2D eigenvalue weighted by Gasteiger charge is 2.62. The van der Waals surface area contributed by atoms with Gasteiger partial charge >= 0.3 is 12.1 Å². The lowest BCUT2D eigenvalue weighted by atomic mass is 9.85. The van der Waals surface area contributed by atoms with Crippen LogP contribution in [0, 0.1) is 5.21 Å². The first kappa shape index (κ1) is 39.6. The van der Waals surface area contributed by atoms with Gasteiger partial charge in [-0.25, -0.2) is 9.59 Å². The van der Waals surface area contributed by atoms with Crippen molar-refractivity contribution < 1.29 is 32.7 Å². The Kier molecular flexibility index (Phi) is 12.8. The van der Waals surface area contributed by atoms with Gasteiger partial charge in [-0.15, -0.1) is 0 Å². The third kappa shape index (κ3) is 9.34. The molecule has 1 aliphatic heterocycles. The van der Waals surface area contributed by atoms with Crippen molar-refractivity contribution in [3.63, 3.8) is 0 Å². The van der Waals surface area contributed by atoms with Crippen molar-refractivity contribution in [3.8, 4) is 0 Å². The second-order valence-electron chi connectivity index (χ2n) is 15.5. The molecule has 1 amide bonds. The molecule has 9 nitrogen and oxygen atoms in total. The van der Waals surface area contributed by atoms with E-state index >= 15 is 0 Å². The van der Waals surface area contributed by atoms with Gasteiger partial charge in [-0.3, -0.25) is 0 Å². The van der Waals surface area contributed by atoms with Gasteiger partial charge in [-0.1, -0.05) is 142 Å². The van der Waals surface area contributed by atoms with E-state index in [2.05, 4.69) is 50.4 Å². The Labute approximate surface area is 315 Å². The largest absolute Gasteiger partial charge is 0.623 e. The Morgan fingerprint density at radius 1 is 0.774 bits per heavy atom. The molecule has 4 aromatic carbocycles. The summed E-state index contributed by atoms with van der Waals surface area (Å²) in [5.41, 5.74) is -0.205. The van der Waals surface area contributed by atoms with Gasteiger partial charge in [0.2, 0.25) is 0 Å². The number of rotatable bonds is 15. The number of esters is 1. The van der Waals surface area contributed by atoms with E-state index in [0.29, 0.717) is 11.2 Å². The highest BCUT2D eigenvalue weighted by molar-refractivity contribution is 6.99. The van der Waals surface area contributed by atoms with E-state index in [0.717, 1.165) is 21.5 Å². The Balaban J connectivity index is 1.60. The van der Waals surface area contributed by atoms with Crippen molar-refractivity contribution in [1.29, 1.82) is 0 Å². The average molecular weight is 753 g/mol. The van der Waals surface area contributed by atoms with Crippen LogP contribution < -0.4 is 15.7 Å². The lowest BCUT2D eigenvalue weighted by Crippen LogP contribution is -2.70. The van der Waals surface area contributed by atoms with Crippen LogP contribution >= 0.6 is 0 Å². The quantitative estimate of drug-likeness (QED) is 0.0607. The van der Waals surface area contributed by atoms with Crippen molar-refractivity contribution in [2.24, 2.45) is 0 Å². The van der Waals surface area contributed by atoms with Crippen LogP contribution in [0.1, 0.15) is 44.7 Å². The van der Waals surface area contributed by atoms with Gasteiger partial charge in [0, 0.05) is 12.8 Å². The van der Waals surface area contributed by atoms with Crippen LogP contribution in [0.4, 0.5) is 4.79 Å². The Morgan fingerprint density at radius 3 is 1.68 bits per heavy atom. The predicted octanol–water partition coefficient (Wildman–Crippen LogP) is 6.94. The molecule has 4 aromatic rings. The van der Waals surface area contributed by atoms with Crippen LogP contribution in [0.3, 0.4) is 0 Å². The highest BCUT2D eigenvalue weighted by atomic mass is 28.4. The summed E-state index contributed by atoms with van der Waals surface area (Å²) >= 11 is 0. The molecule has 0 bridgehead atoms. The molecule has 0 saturated heterocycles. The standard InChI is InChI=1S/C42H52N2O7Si2/c1-41(2,3)53(35-24-15-9-16-25-35,36-26-17-10-18-27-36)50-32-37(43-40(46)49-31-34-22-13-8-14-23-34)38(51-52(4,5)6)42(28-19-29-44(42)47)39(45)48-30-33-20-11-7-12-21-33/h7-18,20-27,29,37-38H,19,28,30-32H2,1-6H3,(H,43,46)/t37-,38-,42+/m0/s1. The minimum absolute atomic E-state index is 0.0231. The molecule has 0 radical (unpaired) electrons. The predicted molar refractivity (Wildman–Crippen MR) is 213 cm³/mol. The van der Waals surface area contributed by atoms with Gasteiger partial charge in [0.05, 0.1) is 12.6 Å². The maximum absolute atomic E-state index is 14.5. The van der Waals surface area contributed by atoms with E-state index in [1.54, 1.807) is 0 Å². The van der Waals surface area contributed by atoms with Crippen molar-refractivity contribution >= 4 is 45.3 Å². The second kappa shape index (κ2) is 17.1. The smallest absolute Gasteiger partial charge is 0.407 e. The first-order chi connectivity index (χ1) is 25.3. The molecule has 5 rings (SSSR count). The molecule has 0 aliphatic carbocycles. The van der Waals surface area contributed by atoms with Crippen LogP contribution in [-0.2, 0) is 36.3 Å². The van der Waals surface area contributed by atoms with Crippen molar-refractivity contribution in [2.75, 3.05) is 6.61 Å². The molecule has 1 aliphatic rings. The molecule has 0 aromatic heterocycles. The number of carbonyl (C=O) groups is 2. The van der Waals surface area contributed by atoms with Gasteiger partial charge in [0.15, 0.2) is 14.5 Å². The number of hydrogen-bond donors (Lipinski definition) is 1. The van der Waals surface area contributed by atoms with Crippen molar-refractivity contribution in [3.05, 3.63) is 138 Å². The molecular weight excluding hydrogens is 701 g/mol. The fraction of sp³-hybridized carbons (Fsp3) is 0.357. The molecule has 53 heavy (non-hydrogen) atoms. The summed E-state index contributed by atoms with van der Waals surface area (Å²) in [6.07, 6.45) is 0.0434. The van der Waals surface area contributed by atoms with E-state index in [-0.39, 0.29) is 31.3 Å². The molecule has 280 valence electrons. The average Bonchev–Trinajstić information content (AvgIpc) is 3.54. The maximum Gasteiger partial charge on any atom is 0.407 e. The number of nitrogens with one attached hydrogen (secondary N) is 1. The zero-order valence-corrected chi connectivity index (χ0v) is 33.6. The summed E-state index contributed by atoms with van der Waals surface area (Å²) in [6, 6.07) is 38.0. The SMILES string of the molecule is CC(C)(C)[Si](OC[C@H](NC(=O)OCc1ccccc1)[C@H](O[Si](C)(C)C)[C@@]1(C(=O)OCc2ccccc2)CCC=[N+]1[O-])(c1ccccc1)c1ccccc1. The number of benzene rings is 4. The number of ether oxygens (including phenoxy) is 2. The lowest BCUT2D eigenvalue weighted by molar-refractivity contribution is -0.537. The van der Waals surface area contributed by atoms with Crippen LogP contribution in [-0.4, -0.2) is 63.9 Å². The van der Waals surface area contributed by atoms with Gasteiger partial charge < -0.3 is 28.8 Å². The minimum atomic E-state index is -3.16. The van der Waals surface area contributed by atoms with Crippen LogP contribution in [0.5, 0.6) is 0 Å². The fourth-order valence-corrected chi connectivity index (χ4v) is 12.8. The topological polar surface area (TPSA) is 109 Å². The summed E-state index contributed by atoms with van der Waals surface area (Å²) < 4.78 is 26.6. The third-order valence-electron chi connectivity index (χ3n) is 9.51. The molecule has 1 N–H and O–H groups in total. The molecule has 11 heteroatoms. The number of carbonyl (C=O) groups excluding carboxylic acids is 2. The Bertz CT molecular complexity index is 1780. The lowest BCUT2D eigenvalue weighted by Gasteiger charge is -2.45. The van der Waals surface area contributed by atoms with Gasteiger partial charge in [0.25, 0.3) is 13.9 Å². The first-order valence-corrected chi connectivity index (χ1v) is 23.5. The van der Waals surface area contributed by atoms with Crippen LogP contribution in [0.25, 0.3) is 0 Å². The van der Waals surface area contributed by atoms with E-state index in [1.165, 1.54) is 6.21 Å². The van der Waals surface area contributed by atoms with Gasteiger partial charge in [0.1, 0.15) is 19.3 Å². The number of amides is 1. The summed E-state index contributed by atoms with van der Waals surface area (Å²) in [5.74, 6) is -0.719. The second-order valence-corrected chi connectivity index (χ2v) is 24.2. The van der Waals surface area contributed by atoms with Crippen molar-refractivity contribution in [1.82, 2.24) is 5.32 Å². The molecule has 0 unspecified atom stereocenters. The van der Waals surface area contributed by atoms with Crippen LogP contribution in [0.2, 0.25) is 24.7 Å². The number of alkyl carbamates (subject to hydrolysis) is 1. The van der Waals surface area contributed by atoms with Gasteiger partial charge in [-0.2, -0.15) is 4.74 Å². The summed E-state index contributed by atoms with van der Waals surface area (Å²) in [5, 5.41) is 18.8. The molecule has 0 saturated carbocycles. The number of hydroxylamine groups is 1. The molecular formula is C42H52N2O7Si2. The molecule has 0 spiro atoms. The molecule has 3 atom stereocenters. The summed E-state index contributed by atoms with van der Waals surface area (Å²) in [6.45, 7) is 12.4. The van der Waals surface area contributed by atoms with E-state index in [1.807, 2.05) is 117 Å². The Hall–Kier alpha value is -4.56. The van der Waals surface area contributed by atoms with Gasteiger partial charge in [-0.05, 0) is 46.2 Å². The Morgan fingerprint density at radius 2 is 1.25 bits per heavy atom. The van der Waals surface area contributed by atoms with E-state index in [9.17, 15) is 14.8 Å². The van der Waals surface area contributed by atoms with E-state index in [4.69, 9.17) is 18.3 Å². The molecule has 0 fully saturated rings.